The molecule has 0 aliphatic rings. The van der Waals surface area contributed by atoms with Crippen molar-refractivity contribution in [2.24, 2.45) is 0 Å². The van der Waals surface area contributed by atoms with Crippen LogP contribution in [0.2, 0.25) is 0 Å². The van der Waals surface area contributed by atoms with Gasteiger partial charge in [0.25, 0.3) is 0 Å². The minimum Gasteiger partial charge on any atom is -0.497 e. The van der Waals surface area contributed by atoms with Gasteiger partial charge >= 0.3 is 6.09 Å². The molecule has 2 aromatic carbocycles. The van der Waals surface area contributed by atoms with Gasteiger partial charge in [0, 0.05) is 24.1 Å². The molecule has 1 atom stereocenters. The first kappa shape index (κ1) is 23.5. The lowest BCUT2D eigenvalue weighted by atomic mass is 10.1. The van der Waals surface area contributed by atoms with Gasteiger partial charge in [-0.05, 0) is 56.7 Å². The summed E-state index contributed by atoms with van der Waals surface area (Å²) in [6.07, 6.45) is -0.503. The van der Waals surface area contributed by atoms with Gasteiger partial charge in [-0.15, -0.1) is 0 Å². The first-order valence-electron chi connectivity index (χ1n) is 10.3. The van der Waals surface area contributed by atoms with Crippen LogP contribution in [-0.4, -0.2) is 39.2 Å². The van der Waals surface area contributed by atoms with Crippen LogP contribution in [0.25, 0.3) is 22.2 Å². The molecule has 0 fully saturated rings. The molecule has 3 rings (SSSR count). The quantitative estimate of drug-likeness (QED) is 0.531. The molecule has 0 aliphatic heterocycles. The predicted octanol–water partition coefficient (Wildman–Crippen LogP) is 5.14. The molecule has 1 amide bonds. The van der Waals surface area contributed by atoms with Gasteiger partial charge in [0.15, 0.2) is 0 Å². The number of benzene rings is 2. The van der Waals surface area contributed by atoms with Crippen molar-refractivity contribution in [3.05, 3.63) is 48.5 Å². The number of methoxy groups -OCH3 is 1. The Bertz CT molecular complexity index is 1180. The fourth-order valence-electron chi connectivity index (χ4n) is 3.36. The molecule has 0 saturated heterocycles. The van der Waals surface area contributed by atoms with Crippen LogP contribution in [0.15, 0.2) is 48.5 Å². The van der Waals surface area contributed by atoms with Gasteiger partial charge in [-0.25, -0.2) is 17.9 Å². The van der Waals surface area contributed by atoms with E-state index >= 15 is 0 Å². The van der Waals surface area contributed by atoms with E-state index in [0.717, 1.165) is 10.9 Å². The second-order valence-corrected chi connectivity index (χ2v) is 9.83. The van der Waals surface area contributed by atoms with Gasteiger partial charge in [-0.2, -0.15) is 0 Å². The number of nitrogens with zero attached hydrogens (tertiary/aromatic N) is 2. The molecule has 0 saturated carbocycles. The highest BCUT2D eigenvalue weighted by molar-refractivity contribution is 7.87. The average molecular weight is 457 g/mol. The molecule has 32 heavy (non-hydrogen) atoms. The molecular weight excluding hydrogens is 428 g/mol. The maximum atomic E-state index is 13.1. The molecule has 8 heteroatoms. The standard InChI is InChI=1S/C24H28N2O5S/c1-7-32(29)26(16(2)27)19-11-8-17(9-12-19)21-14-18-10-13-20(30-6)15-22(18)25(21)23(28)31-24(3,4)5/h8-15H,7H2,1-6H3. The van der Waals surface area contributed by atoms with Gasteiger partial charge in [0.1, 0.15) is 22.3 Å². The molecule has 170 valence electrons. The molecule has 7 nitrogen and oxygen atoms in total. The Kier molecular flexibility index (Phi) is 6.74. The summed E-state index contributed by atoms with van der Waals surface area (Å²) in [5, 5.41) is 0.855. The number of anilines is 1. The number of rotatable bonds is 5. The number of ether oxygens (including phenoxy) is 2. The molecule has 0 aliphatic carbocycles. The van der Waals surface area contributed by atoms with Crippen LogP contribution in [-0.2, 0) is 20.5 Å². The fraction of sp³-hybridized carbons (Fsp3) is 0.333. The van der Waals surface area contributed by atoms with E-state index in [1.807, 2.05) is 39.0 Å². The van der Waals surface area contributed by atoms with Gasteiger partial charge < -0.3 is 9.47 Å². The van der Waals surface area contributed by atoms with Crippen molar-refractivity contribution in [3.8, 4) is 17.0 Å². The summed E-state index contributed by atoms with van der Waals surface area (Å²) >= 11 is 0. The van der Waals surface area contributed by atoms with Crippen molar-refractivity contribution in [1.82, 2.24) is 4.57 Å². The molecule has 0 N–H and O–H groups in total. The molecular formula is C24H28N2O5S. The van der Waals surface area contributed by atoms with Crippen LogP contribution in [0.3, 0.4) is 0 Å². The Morgan fingerprint density at radius 3 is 2.25 bits per heavy atom. The maximum Gasteiger partial charge on any atom is 0.419 e. The zero-order valence-corrected chi connectivity index (χ0v) is 20.0. The summed E-state index contributed by atoms with van der Waals surface area (Å²) in [5.74, 6) is 0.658. The van der Waals surface area contributed by atoms with Crippen LogP contribution in [0.5, 0.6) is 5.75 Å². The van der Waals surface area contributed by atoms with Crippen molar-refractivity contribution >= 4 is 39.6 Å². The van der Waals surface area contributed by atoms with Gasteiger partial charge in [-0.1, -0.05) is 19.1 Å². The number of carbonyl (C=O) groups excluding carboxylic acids is 2. The van der Waals surface area contributed by atoms with Crippen LogP contribution >= 0.6 is 0 Å². The molecule has 0 bridgehead atoms. The number of aromatic nitrogens is 1. The highest BCUT2D eigenvalue weighted by Crippen LogP contribution is 2.32. The first-order chi connectivity index (χ1) is 15.1. The smallest absolute Gasteiger partial charge is 0.419 e. The van der Waals surface area contributed by atoms with E-state index in [4.69, 9.17) is 9.47 Å². The molecule has 1 heterocycles. The van der Waals surface area contributed by atoms with Crippen LogP contribution in [0, 0.1) is 0 Å². The van der Waals surface area contributed by atoms with Crippen molar-refractivity contribution in [2.75, 3.05) is 17.2 Å². The molecule has 0 spiro atoms. The predicted molar refractivity (Wildman–Crippen MR) is 127 cm³/mol. The third-order valence-corrected chi connectivity index (χ3v) is 6.09. The zero-order chi connectivity index (χ0) is 23.6. The summed E-state index contributed by atoms with van der Waals surface area (Å²) in [6.45, 7) is 8.59. The van der Waals surface area contributed by atoms with Crippen LogP contribution in [0.1, 0.15) is 34.6 Å². The van der Waals surface area contributed by atoms with Gasteiger partial charge in [0.2, 0.25) is 5.91 Å². The van der Waals surface area contributed by atoms with Crippen molar-refractivity contribution < 1.29 is 23.3 Å². The molecule has 0 radical (unpaired) electrons. The number of hydrogen-bond acceptors (Lipinski definition) is 5. The van der Waals surface area contributed by atoms with Crippen LogP contribution < -0.4 is 9.04 Å². The molecule has 1 unspecified atom stereocenters. The highest BCUT2D eigenvalue weighted by Gasteiger charge is 2.24. The summed E-state index contributed by atoms with van der Waals surface area (Å²) in [7, 11) is 0.126. The Morgan fingerprint density at radius 2 is 1.72 bits per heavy atom. The summed E-state index contributed by atoms with van der Waals surface area (Å²) < 4.78 is 26.1. The van der Waals surface area contributed by atoms with E-state index < -0.39 is 22.7 Å². The number of hydrogen-bond donors (Lipinski definition) is 0. The summed E-state index contributed by atoms with van der Waals surface area (Å²) in [4.78, 5) is 25.1. The van der Waals surface area contributed by atoms with E-state index in [2.05, 4.69) is 0 Å². The first-order valence-corrected chi connectivity index (χ1v) is 11.6. The largest absolute Gasteiger partial charge is 0.497 e. The van der Waals surface area contributed by atoms with Crippen molar-refractivity contribution in [3.63, 3.8) is 0 Å². The fourth-order valence-corrected chi connectivity index (χ4v) is 4.27. The van der Waals surface area contributed by atoms with E-state index in [1.165, 1.54) is 15.8 Å². The number of amides is 1. The Morgan fingerprint density at radius 1 is 1.06 bits per heavy atom. The Hall–Kier alpha value is -3.13. The third-order valence-electron chi connectivity index (χ3n) is 4.72. The van der Waals surface area contributed by atoms with E-state index in [1.54, 1.807) is 44.4 Å². The average Bonchev–Trinajstić information content (AvgIpc) is 3.11. The second kappa shape index (κ2) is 9.16. The number of fused-ring (bicyclic) bond motifs is 1. The van der Waals surface area contributed by atoms with Crippen molar-refractivity contribution in [1.29, 1.82) is 0 Å². The minimum atomic E-state index is -1.45. The lowest BCUT2D eigenvalue weighted by Gasteiger charge is -2.21. The number of carbonyl (C=O) groups is 2. The Labute approximate surface area is 190 Å². The Balaban J connectivity index is 2.13. The van der Waals surface area contributed by atoms with Crippen molar-refractivity contribution in [2.45, 2.75) is 40.2 Å². The lowest BCUT2D eigenvalue weighted by molar-refractivity contribution is -0.115. The normalized spacial score (nSPS) is 12.4. The lowest BCUT2D eigenvalue weighted by Crippen LogP contribution is -2.31. The zero-order valence-electron chi connectivity index (χ0n) is 19.2. The molecule has 3 aromatic rings. The monoisotopic (exact) mass is 456 g/mol. The van der Waals surface area contributed by atoms with Gasteiger partial charge in [-0.3, -0.25) is 4.79 Å². The maximum absolute atomic E-state index is 13.1. The topological polar surface area (TPSA) is 77.8 Å². The second-order valence-electron chi connectivity index (χ2n) is 8.24. The summed E-state index contributed by atoms with van der Waals surface area (Å²) in [6, 6.07) is 14.5. The third kappa shape index (κ3) is 4.85. The van der Waals surface area contributed by atoms with E-state index in [-0.39, 0.29) is 5.91 Å². The van der Waals surface area contributed by atoms with Gasteiger partial charge in [0.05, 0.1) is 24.0 Å². The SMILES string of the molecule is CCS(=O)N(C(C)=O)c1ccc(-c2cc3ccc(OC)cc3n2C(=O)OC(C)(C)C)cc1. The molecule has 1 aromatic heterocycles. The minimum absolute atomic E-state index is 0.298. The van der Waals surface area contributed by atoms with Crippen LogP contribution in [0.4, 0.5) is 10.5 Å². The summed E-state index contributed by atoms with van der Waals surface area (Å²) in [5.41, 5.74) is 1.92. The van der Waals surface area contributed by atoms with E-state index in [9.17, 15) is 13.8 Å². The van der Waals surface area contributed by atoms with E-state index in [0.29, 0.717) is 28.4 Å². The highest BCUT2D eigenvalue weighted by atomic mass is 32.2.